The molecule has 2 aromatic carbocycles. The van der Waals surface area contributed by atoms with E-state index in [0.29, 0.717) is 0 Å². The molecule has 2 N–H and O–H groups in total. The Balaban J connectivity index is 2.29. The Morgan fingerprint density at radius 3 is 2.39 bits per heavy atom. The topological polar surface area (TPSA) is 128 Å². The van der Waals surface area contributed by atoms with E-state index in [1.165, 1.54) is 31.2 Å². The van der Waals surface area contributed by atoms with Gasteiger partial charge in [0, 0.05) is 25.0 Å². The third-order valence-electron chi connectivity index (χ3n) is 3.89. The van der Waals surface area contributed by atoms with Crippen LogP contribution in [0.5, 0.6) is 0 Å². The van der Waals surface area contributed by atoms with Gasteiger partial charge in [0.1, 0.15) is 6.04 Å². The number of anilines is 1. The smallest absolute Gasteiger partial charge is 0.328 e. The Morgan fingerprint density at radius 2 is 1.75 bits per heavy atom. The average Bonchev–Trinajstić information content (AvgIpc) is 2.67. The van der Waals surface area contributed by atoms with Crippen molar-refractivity contribution in [2.24, 2.45) is 0 Å². The second-order valence-corrected chi connectivity index (χ2v) is 5.87. The molecule has 0 heterocycles. The van der Waals surface area contributed by atoms with E-state index in [9.17, 15) is 24.5 Å². The predicted molar refractivity (Wildman–Crippen MR) is 101 cm³/mol. The van der Waals surface area contributed by atoms with Crippen LogP contribution in [0.15, 0.2) is 48.5 Å². The summed E-state index contributed by atoms with van der Waals surface area (Å²) in [5.41, 5.74) is 0.540. The highest BCUT2D eigenvalue weighted by Gasteiger charge is 2.26. The number of carbonyl (C=O) groups is 3. The maximum Gasteiger partial charge on any atom is 0.328 e. The van der Waals surface area contributed by atoms with Gasteiger partial charge in [-0.05, 0) is 12.1 Å². The van der Waals surface area contributed by atoms with Crippen molar-refractivity contribution in [2.45, 2.75) is 19.4 Å². The highest BCUT2D eigenvalue weighted by Crippen LogP contribution is 2.20. The lowest BCUT2D eigenvalue weighted by Crippen LogP contribution is -2.43. The van der Waals surface area contributed by atoms with E-state index >= 15 is 0 Å². The number of nitrogens with zero attached hydrogens (tertiary/aromatic N) is 1. The number of hydrogen-bond acceptors (Lipinski definition) is 6. The summed E-state index contributed by atoms with van der Waals surface area (Å²) in [5, 5.41) is 16.3. The van der Waals surface area contributed by atoms with Crippen LogP contribution in [0.1, 0.15) is 22.8 Å². The van der Waals surface area contributed by atoms with Crippen molar-refractivity contribution in [3.8, 4) is 0 Å². The van der Waals surface area contributed by atoms with E-state index in [4.69, 9.17) is 4.74 Å². The number of carbonyl (C=O) groups excluding carboxylic acids is 3. The first kappa shape index (κ1) is 20.6. The van der Waals surface area contributed by atoms with Crippen LogP contribution in [0.4, 0.5) is 11.4 Å². The third kappa shape index (κ3) is 5.13. The molecular formula is C19H19N3O6. The van der Waals surface area contributed by atoms with Crippen molar-refractivity contribution in [1.82, 2.24) is 5.32 Å². The molecule has 0 bridgehead atoms. The molecule has 28 heavy (non-hydrogen) atoms. The molecule has 2 rings (SSSR count). The van der Waals surface area contributed by atoms with Crippen LogP contribution >= 0.6 is 0 Å². The monoisotopic (exact) mass is 385 g/mol. The lowest BCUT2D eigenvalue weighted by molar-refractivity contribution is -0.385. The number of benzene rings is 2. The fourth-order valence-electron chi connectivity index (χ4n) is 2.63. The fraction of sp³-hybridized carbons (Fsp3) is 0.211. The molecule has 0 fully saturated rings. The minimum absolute atomic E-state index is 0.127. The van der Waals surface area contributed by atoms with E-state index in [1.807, 2.05) is 0 Å². The van der Waals surface area contributed by atoms with Crippen LogP contribution in [0, 0.1) is 10.1 Å². The van der Waals surface area contributed by atoms with Gasteiger partial charge in [0.25, 0.3) is 11.6 Å². The summed E-state index contributed by atoms with van der Waals surface area (Å²) in [6, 6.07) is 11.1. The molecular weight excluding hydrogens is 366 g/mol. The average molecular weight is 385 g/mol. The lowest BCUT2D eigenvalue weighted by Gasteiger charge is -2.18. The number of ether oxygens (including phenoxy) is 1. The van der Waals surface area contributed by atoms with E-state index in [2.05, 4.69) is 10.6 Å². The van der Waals surface area contributed by atoms with Crippen LogP contribution in [-0.4, -0.2) is 35.9 Å². The summed E-state index contributed by atoms with van der Waals surface area (Å²) in [5.74, 6) is -1.73. The predicted octanol–water partition coefficient (Wildman–Crippen LogP) is 2.07. The second kappa shape index (κ2) is 9.26. The minimum Gasteiger partial charge on any atom is -0.467 e. The molecule has 0 saturated heterocycles. The Labute approximate surface area is 160 Å². The standard InChI is InChI=1S/C19H19N3O6/c1-12(23)20-15-9-5-4-8-14(15)18(24)21-16(19(25)28-2)11-13-7-3-6-10-17(13)22(26)27/h3-10,16H,11H2,1-2H3,(H,20,23)(H,21,24)/t16-/m0/s1. The first-order valence-electron chi connectivity index (χ1n) is 8.31. The molecule has 0 aromatic heterocycles. The molecule has 1 atom stereocenters. The van der Waals surface area contributed by atoms with E-state index in [1.54, 1.807) is 24.3 Å². The molecule has 2 aromatic rings. The Hall–Kier alpha value is -3.75. The van der Waals surface area contributed by atoms with Gasteiger partial charge in [-0.15, -0.1) is 0 Å². The van der Waals surface area contributed by atoms with Crippen LogP contribution in [-0.2, 0) is 20.7 Å². The fourth-order valence-corrected chi connectivity index (χ4v) is 2.63. The van der Waals surface area contributed by atoms with Crippen molar-refractivity contribution in [3.05, 3.63) is 69.8 Å². The number of hydrogen-bond donors (Lipinski definition) is 2. The van der Waals surface area contributed by atoms with Crippen LogP contribution < -0.4 is 10.6 Å². The zero-order valence-electron chi connectivity index (χ0n) is 15.3. The molecule has 0 aliphatic rings. The normalized spacial score (nSPS) is 11.2. The van der Waals surface area contributed by atoms with E-state index < -0.39 is 22.8 Å². The number of para-hydroxylation sites is 2. The van der Waals surface area contributed by atoms with Gasteiger partial charge < -0.3 is 15.4 Å². The zero-order valence-corrected chi connectivity index (χ0v) is 15.3. The van der Waals surface area contributed by atoms with Gasteiger partial charge in [0.15, 0.2) is 0 Å². The highest BCUT2D eigenvalue weighted by atomic mass is 16.6. The van der Waals surface area contributed by atoms with Crippen molar-refractivity contribution >= 4 is 29.2 Å². The number of esters is 1. The number of amides is 2. The summed E-state index contributed by atoms with van der Waals surface area (Å²) in [4.78, 5) is 46.8. The van der Waals surface area contributed by atoms with Gasteiger partial charge in [0.05, 0.1) is 23.3 Å². The van der Waals surface area contributed by atoms with Gasteiger partial charge in [-0.2, -0.15) is 0 Å². The Bertz CT molecular complexity index is 912. The molecule has 0 saturated carbocycles. The Morgan fingerprint density at radius 1 is 1.11 bits per heavy atom. The Kier molecular flexibility index (Phi) is 6.80. The number of rotatable bonds is 7. The molecule has 0 aliphatic carbocycles. The third-order valence-corrected chi connectivity index (χ3v) is 3.89. The quantitative estimate of drug-likeness (QED) is 0.427. The SMILES string of the molecule is COC(=O)[C@H](Cc1ccccc1[N+](=O)[O-])NC(=O)c1ccccc1NC(C)=O. The van der Waals surface area contributed by atoms with Crippen molar-refractivity contribution < 1.29 is 24.0 Å². The maximum absolute atomic E-state index is 12.7. The molecule has 2 amide bonds. The van der Waals surface area contributed by atoms with Crippen molar-refractivity contribution in [1.29, 1.82) is 0 Å². The summed E-state index contributed by atoms with van der Waals surface area (Å²) in [6.07, 6.45) is -0.127. The van der Waals surface area contributed by atoms with Crippen LogP contribution in [0.2, 0.25) is 0 Å². The molecule has 9 nitrogen and oxygen atoms in total. The largest absolute Gasteiger partial charge is 0.467 e. The van der Waals surface area contributed by atoms with Gasteiger partial charge in [0.2, 0.25) is 5.91 Å². The molecule has 0 spiro atoms. The highest BCUT2D eigenvalue weighted by molar-refractivity contribution is 6.04. The number of nitro benzene ring substituents is 1. The molecule has 9 heteroatoms. The van der Waals surface area contributed by atoms with E-state index in [-0.39, 0.29) is 34.8 Å². The summed E-state index contributed by atoms with van der Waals surface area (Å²) >= 11 is 0. The van der Waals surface area contributed by atoms with Gasteiger partial charge in [-0.1, -0.05) is 30.3 Å². The summed E-state index contributed by atoms with van der Waals surface area (Å²) < 4.78 is 4.72. The van der Waals surface area contributed by atoms with Crippen molar-refractivity contribution in [3.63, 3.8) is 0 Å². The molecule has 0 aliphatic heterocycles. The lowest BCUT2D eigenvalue weighted by atomic mass is 10.0. The molecule has 0 unspecified atom stereocenters. The number of methoxy groups -OCH3 is 1. The first-order valence-corrected chi connectivity index (χ1v) is 8.31. The zero-order chi connectivity index (χ0) is 20.7. The van der Waals surface area contributed by atoms with Gasteiger partial charge >= 0.3 is 5.97 Å². The molecule has 146 valence electrons. The molecule has 0 radical (unpaired) electrons. The minimum atomic E-state index is -1.15. The summed E-state index contributed by atoms with van der Waals surface area (Å²) in [7, 11) is 1.16. The van der Waals surface area contributed by atoms with E-state index in [0.717, 1.165) is 7.11 Å². The second-order valence-electron chi connectivity index (χ2n) is 5.87. The first-order chi connectivity index (χ1) is 13.3. The maximum atomic E-state index is 12.7. The number of nitro groups is 1. The number of nitrogens with one attached hydrogen (secondary N) is 2. The van der Waals surface area contributed by atoms with Gasteiger partial charge in [-0.25, -0.2) is 4.79 Å². The van der Waals surface area contributed by atoms with Gasteiger partial charge in [-0.3, -0.25) is 19.7 Å². The van der Waals surface area contributed by atoms with Crippen LogP contribution in [0.3, 0.4) is 0 Å². The summed E-state index contributed by atoms with van der Waals surface area (Å²) in [6.45, 7) is 1.31. The van der Waals surface area contributed by atoms with Crippen molar-refractivity contribution in [2.75, 3.05) is 12.4 Å². The van der Waals surface area contributed by atoms with Crippen LogP contribution in [0.25, 0.3) is 0 Å².